The molecular weight excluding hydrogens is 192 g/mol. The van der Waals surface area contributed by atoms with Crippen molar-refractivity contribution in [3.05, 3.63) is 17.0 Å². The van der Waals surface area contributed by atoms with Crippen LogP contribution in [0.2, 0.25) is 0 Å². The molecule has 0 aliphatic carbocycles. The summed E-state index contributed by atoms with van der Waals surface area (Å²) in [6.45, 7) is 3.77. The van der Waals surface area contributed by atoms with Gasteiger partial charge in [-0.05, 0) is 26.2 Å². The van der Waals surface area contributed by atoms with E-state index in [1.54, 1.807) is 13.0 Å². The molecule has 0 bridgehead atoms. The minimum absolute atomic E-state index is 0.0376. The third kappa shape index (κ3) is 1.95. The van der Waals surface area contributed by atoms with Gasteiger partial charge in [0, 0.05) is 19.2 Å². The van der Waals surface area contributed by atoms with Crippen LogP contribution >= 0.6 is 0 Å². The highest BCUT2D eigenvalue weighted by molar-refractivity contribution is 5.41. The van der Waals surface area contributed by atoms with E-state index in [1.165, 1.54) is 19.3 Å². The van der Waals surface area contributed by atoms with Gasteiger partial charge in [-0.3, -0.25) is 5.73 Å². The summed E-state index contributed by atoms with van der Waals surface area (Å²) in [6.07, 6.45) is 3.65. The van der Waals surface area contributed by atoms with Gasteiger partial charge in [0.05, 0.1) is 5.69 Å². The average Bonchev–Trinajstić information content (AvgIpc) is 2.26. The van der Waals surface area contributed by atoms with Gasteiger partial charge in [-0.2, -0.15) is 0 Å². The zero-order valence-corrected chi connectivity index (χ0v) is 8.94. The summed E-state index contributed by atoms with van der Waals surface area (Å²) in [5.41, 5.74) is 6.14. The first-order valence-corrected chi connectivity index (χ1v) is 5.30. The first-order valence-electron chi connectivity index (χ1n) is 5.30. The minimum Gasteiger partial charge on any atom is -0.740 e. The predicted molar refractivity (Wildman–Crippen MR) is 58.4 cm³/mol. The van der Waals surface area contributed by atoms with Crippen molar-refractivity contribution in [1.82, 2.24) is 4.98 Å². The molecule has 5 heteroatoms. The van der Waals surface area contributed by atoms with Crippen LogP contribution in [0.1, 0.15) is 25.0 Å². The first-order chi connectivity index (χ1) is 7.18. The standard InChI is InChI=1S/C10H16N4O/c1-8-7-9(12-10(11)14(8)15)13-5-3-2-4-6-13/h7H,2-6H2,1H3,(H2,11,12). The SMILES string of the molecule is Cc1cc(N2CCCCC2)nc(N)[n+]1[O-]. The molecule has 0 amide bonds. The second-order valence-electron chi connectivity index (χ2n) is 3.96. The lowest BCUT2D eigenvalue weighted by molar-refractivity contribution is -0.599. The van der Waals surface area contributed by atoms with E-state index < -0.39 is 0 Å². The van der Waals surface area contributed by atoms with Crippen LogP contribution in [0.5, 0.6) is 0 Å². The highest BCUT2D eigenvalue weighted by Crippen LogP contribution is 2.17. The lowest BCUT2D eigenvalue weighted by Gasteiger charge is -2.26. The lowest BCUT2D eigenvalue weighted by atomic mass is 10.1. The van der Waals surface area contributed by atoms with Crippen LogP contribution in [0.4, 0.5) is 11.8 Å². The summed E-state index contributed by atoms with van der Waals surface area (Å²) in [4.78, 5) is 6.30. The van der Waals surface area contributed by atoms with Crippen molar-refractivity contribution in [2.75, 3.05) is 23.7 Å². The number of piperidine rings is 1. The second kappa shape index (κ2) is 3.92. The van der Waals surface area contributed by atoms with Crippen LogP contribution in [0.25, 0.3) is 0 Å². The number of hydrogen-bond donors (Lipinski definition) is 1. The smallest absolute Gasteiger partial charge is 0.392 e. The average molecular weight is 208 g/mol. The molecule has 0 saturated carbocycles. The third-order valence-corrected chi connectivity index (χ3v) is 2.78. The fourth-order valence-corrected chi connectivity index (χ4v) is 1.91. The molecule has 2 N–H and O–H groups in total. The van der Waals surface area contributed by atoms with Crippen LogP contribution in [-0.2, 0) is 0 Å². The molecule has 1 aliphatic heterocycles. The Balaban J connectivity index is 2.27. The van der Waals surface area contributed by atoms with Crippen molar-refractivity contribution >= 4 is 11.8 Å². The maximum atomic E-state index is 11.3. The van der Waals surface area contributed by atoms with Crippen molar-refractivity contribution in [2.24, 2.45) is 0 Å². The van der Waals surface area contributed by atoms with Gasteiger partial charge in [-0.1, -0.05) is 4.98 Å². The van der Waals surface area contributed by atoms with Crippen LogP contribution in [0.15, 0.2) is 6.07 Å². The minimum atomic E-state index is 0.0376. The van der Waals surface area contributed by atoms with E-state index in [0.717, 1.165) is 18.9 Å². The molecule has 0 radical (unpaired) electrons. The fraction of sp³-hybridized carbons (Fsp3) is 0.600. The third-order valence-electron chi connectivity index (χ3n) is 2.78. The molecule has 1 saturated heterocycles. The number of nitrogen functional groups attached to an aromatic ring is 1. The van der Waals surface area contributed by atoms with E-state index in [4.69, 9.17) is 5.73 Å². The molecule has 2 heterocycles. The number of aryl methyl sites for hydroxylation is 1. The number of rotatable bonds is 1. The maximum absolute atomic E-state index is 11.3. The van der Waals surface area contributed by atoms with Crippen molar-refractivity contribution in [3.63, 3.8) is 0 Å². The molecule has 1 aromatic heterocycles. The van der Waals surface area contributed by atoms with E-state index in [1.807, 2.05) is 0 Å². The predicted octanol–water partition coefficient (Wildman–Crippen LogP) is 0.596. The normalized spacial score (nSPS) is 16.7. The van der Waals surface area contributed by atoms with E-state index in [-0.39, 0.29) is 5.95 Å². The van der Waals surface area contributed by atoms with Crippen molar-refractivity contribution in [2.45, 2.75) is 26.2 Å². The monoisotopic (exact) mass is 208 g/mol. The molecule has 5 nitrogen and oxygen atoms in total. The summed E-state index contributed by atoms with van der Waals surface area (Å²) in [6, 6.07) is 1.80. The van der Waals surface area contributed by atoms with Crippen molar-refractivity contribution in [3.8, 4) is 0 Å². The zero-order chi connectivity index (χ0) is 10.8. The van der Waals surface area contributed by atoms with Gasteiger partial charge < -0.3 is 10.1 Å². The molecule has 1 fully saturated rings. The Bertz CT molecular complexity index is 337. The summed E-state index contributed by atoms with van der Waals surface area (Å²) in [5, 5.41) is 11.3. The zero-order valence-electron chi connectivity index (χ0n) is 8.94. The van der Waals surface area contributed by atoms with E-state index in [2.05, 4.69) is 9.88 Å². The molecular formula is C10H16N4O. The summed E-state index contributed by atoms with van der Waals surface area (Å²) >= 11 is 0. The highest BCUT2D eigenvalue weighted by Gasteiger charge is 2.17. The molecule has 82 valence electrons. The fourth-order valence-electron chi connectivity index (χ4n) is 1.91. The Kier molecular flexibility index (Phi) is 2.62. The Labute approximate surface area is 89.1 Å². The highest BCUT2D eigenvalue weighted by atomic mass is 16.5. The molecule has 0 spiro atoms. The van der Waals surface area contributed by atoms with E-state index in [0.29, 0.717) is 10.4 Å². The number of nitrogens with two attached hydrogens (primary N) is 1. The van der Waals surface area contributed by atoms with Gasteiger partial charge in [-0.15, -0.1) is 0 Å². The van der Waals surface area contributed by atoms with Gasteiger partial charge in [0.25, 0.3) is 0 Å². The number of aromatic nitrogens is 2. The molecule has 0 atom stereocenters. The number of anilines is 2. The summed E-state index contributed by atoms with van der Waals surface area (Å²) < 4.78 is 0.660. The molecule has 0 aromatic carbocycles. The van der Waals surface area contributed by atoms with Crippen LogP contribution in [0.3, 0.4) is 0 Å². The Hall–Kier alpha value is -1.52. The lowest BCUT2D eigenvalue weighted by Crippen LogP contribution is -2.38. The van der Waals surface area contributed by atoms with Crippen LogP contribution in [-0.4, -0.2) is 18.1 Å². The molecule has 15 heavy (non-hydrogen) atoms. The maximum Gasteiger partial charge on any atom is 0.392 e. The quantitative estimate of drug-likeness (QED) is 0.542. The Morgan fingerprint density at radius 3 is 2.67 bits per heavy atom. The van der Waals surface area contributed by atoms with Gasteiger partial charge in [0.15, 0.2) is 0 Å². The Morgan fingerprint density at radius 1 is 1.40 bits per heavy atom. The van der Waals surface area contributed by atoms with E-state index >= 15 is 0 Å². The van der Waals surface area contributed by atoms with Gasteiger partial charge in [0.2, 0.25) is 5.82 Å². The molecule has 0 unspecified atom stereocenters. The largest absolute Gasteiger partial charge is 0.740 e. The number of hydrogen-bond acceptors (Lipinski definition) is 4. The van der Waals surface area contributed by atoms with Gasteiger partial charge in [0.1, 0.15) is 0 Å². The van der Waals surface area contributed by atoms with Gasteiger partial charge >= 0.3 is 5.95 Å². The Morgan fingerprint density at radius 2 is 2.07 bits per heavy atom. The first kappa shape index (κ1) is 10.0. The number of nitrogens with zero attached hydrogens (tertiary/aromatic N) is 3. The molecule has 1 aromatic rings. The summed E-state index contributed by atoms with van der Waals surface area (Å²) in [7, 11) is 0. The van der Waals surface area contributed by atoms with Crippen molar-refractivity contribution < 1.29 is 4.73 Å². The molecule has 1 aliphatic rings. The van der Waals surface area contributed by atoms with Gasteiger partial charge in [-0.25, -0.2) is 4.73 Å². The van der Waals surface area contributed by atoms with E-state index in [9.17, 15) is 5.21 Å². The second-order valence-corrected chi connectivity index (χ2v) is 3.96. The van der Waals surface area contributed by atoms with Crippen LogP contribution < -0.4 is 15.4 Å². The van der Waals surface area contributed by atoms with Crippen LogP contribution in [0, 0.1) is 12.1 Å². The van der Waals surface area contributed by atoms with Crippen molar-refractivity contribution in [1.29, 1.82) is 0 Å². The summed E-state index contributed by atoms with van der Waals surface area (Å²) in [5.74, 6) is 0.868. The topological polar surface area (TPSA) is 69.1 Å². The molecule has 2 rings (SSSR count).